The van der Waals surface area contributed by atoms with Crippen molar-refractivity contribution in [3.05, 3.63) is 83.4 Å². The molecule has 0 atom stereocenters. The van der Waals surface area contributed by atoms with E-state index in [2.05, 4.69) is 94.7 Å². The number of rotatable bonds is 3. The van der Waals surface area contributed by atoms with E-state index in [0.29, 0.717) is 0 Å². The van der Waals surface area contributed by atoms with Gasteiger partial charge in [-0.1, -0.05) is 93.8 Å². The van der Waals surface area contributed by atoms with Crippen molar-refractivity contribution in [2.24, 2.45) is 0 Å². The lowest BCUT2D eigenvalue weighted by Gasteiger charge is -2.33. The largest absolute Gasteiger partial charge is 0.0992 e. The van der Waals surface area contributed by atoms with Crippen molar-refractivity contribution in [2.45, 2.75) is 45.3 Å². The first-order chi connectivity index (χ1) is 11.2. The van der Waals surface area contributed by atoms with Crippen molar-refractivity contribution in [2.75, 3.05) is 0 Å². The van der Waals surface area contributed by atoms with Gasteiger partial charge in [0.2, 0.25) is 0 Å². The maximum absolute atomic E-state index is 4.42. The molecule has 0 fully saturated rings. The molecule has 1 aliphatic rings. The van der Waals surface area contributed by atoms with E-state index in [1.165, 1.54) is 33.0 Å². The van der Waals surface area contributed by atoms with Gasteiger partial charge in [0.15, 0.2) is 0 Å². The minimum atomic E-state index is -1.40. The quantitative estimate of drug-likeness (QED) is 0.549. The van der Waals surface area contributed by atoms with Crippen LogP contribution in [0.5, 0.6) is 0 Å². The maximum Gasteiger partial charge on any atom is 0.0776 e. The minimum absolute atomic E-state index is 0.187. The molecule has 124 valence electrons. The van der Waals surface area contributed by atoms with Crippen molar-refractivity contribution in [1.29, 1.82) is 0 Å². The molecule has 0 N–H and O–H groups in total. The molecule has 0 saturated heterocycles. The number of hydrogen-bond acceptors (Lipinski definition) is 0. The van der Waals surface area contributed by atoms with Gasteiger partial charge in [-0.25, -0.2) is 0 Å². The number of hydrogen-bond donors (Lipinski definition) is 0. The molecule has 0 radical (unpaired) electrons. The van der Waals surface area contributed by atoms with Crippen molar-refractivity contribution in [1.82, 2.24) is 0 Å². The van der Waals surface area contributed by atoms with Crippen LogP contribution in [0.2, 0.25) is 19.6 Å². The molecule has 0 amide bonds. The van der Waals surface area contributed by atoms with E-state index in [-0.39, 0.29) is 5.41 Å². The highest BCUT2D eigenvalue weighted by Gasteiger charge is 2.29. The summed E-state index contributed by atoms with van der Waals surface area (Å²) in [7, 11) is -1.40. The fourth-order valence-corrected chi connectivity index (χ4v) is 4.47. The van der Waals surface area contributed by atoms with E-state index in [0.717, 1.165) is 6.42 Å². The highest BCUT2D eigenvalue weighted by molar-refractivity contribution is 6.93. The Balaban J connectivity index is 2.17. The zero-order valence-electron chi connectivity index (χ0n) is 15.6. The maximum atomic E-state index is 4.42. The van der Waals surface area contributed by atoms with Crippen LogP contribution in [-0.4, -0.2) is 8.07 Å². The molecule has 0 unspecified atom stereocenters. The average Bonchev–Trinajstić information content (AvgIpc) is 2.54. The third kappa shape index (κ3) is 3.05. The molecule has 0 nitrogen and oxygen atoms in total. The first-order valence-electron chi connectivity index (χ1n) is 8.80. The summed E-state index contributed by atoms with van der Waals surface area (Å²) in [6.07, 6.45) is 3.50. The fourth-order valence-electron chi connectivity index (χ4n) is 3.45. The molecule has 1 aliphatic carbocycles. The molecule has 0 spiro atoms. The van der Waals surface area contributed by atoms with Gasteiger partial charge in [-0.05, 0) is 45.7 Å². The van der Waals surface area contributed by atoms with Gasteiger partial charge in [-0.15, -0.1) is 0 Å². The molecule has 0 saturated carbocycles. The van der Waals surface area contributed by atoms with Crippen LogP contribution < -0.4 is 0 Å². The van der Waals surface area contributed by atoms with Gasteiger partial charge >= 0.3 is 0 Å². The van der Waals surface area contributed by atoms with Crippen LogP contribution in [0, 0.1) is 0 Å². The number of allylic oxidation sites excluding steroid dienone is 1. The van der Waals surface area contributed by atoms with Crippen LogP contribution in [0.25, 0.3) is 10.8 Å². The monoisotopic (exact) mass is 332 g/mol. The van der Waals surface area contributed by atoms with Gasteiger partial charge in [-0.3, -0.25) is 0 Å². The topological polar surface area (TPSA) is 0 Å². The lowest BCUT2D eigenvalue weighted by molar-refractivity contribution is 0.527. The summed E-state index contributed by atoms with van der Waals surface area (Å²) in [5.74, 6) is 0. The van der Waals surface area contributed by atoms with Gasteiger partial charge in [-0.2, -0.15) is 0 Å². The van der Waals surface area contributed by atoms with E-state index in [1.807, 2.05) is 0 Å². The minimum Gasteiger partial charge on any atom is -0.0992 e. The summed E-state index contributed by atoms with van der Waals surface area (Å²) in [6.45, 7) is 16.2. The van der Waals surface area contributed by atoms with Crippen LogP contribution in [0.4, 0.5) is 0 Å². The zero-order valence-corrected chi connectivity index (χ0v) is 16.6. The van der Waals surface area contributed by atoms with E-state index in [9.17, 15) is 0 Å². The van der Waals surface area contributed by atoms with Crippen molar-refractivity contribution in [3.63, 3.8) is 0 Å². The number of benzene rings is 2. The Morgan fingerprint density at radius 1 is 1.00 bits per heavy atom. The highest BCUT2D eigenvalue weighted by Crippen LogP contribution is 2.42. The lowest BCUT2D eigenvalue weighted by Crippen LogP contribution is -2.24. The van der Waals surface area contributed by atoms with Crippen molar-refractivity contribution in [3.8, 4) is 0 Å². The Morgan fingerprint density at radius 2 is 1.67 bits per heavy atom. The van der Waals surface area contributed by atoms with Crippen LogP contribution in [0.1, 0.15) is 42.5 Å². The lowest BCUT2D eigenvalue weighted by atomic mass is 9.72. The summed E-state index contributed by atoms with van der Waals surface area (Å²) >= 11 is 0. The van der Waals surface area contributed by atoms with Gasteiger partial charge < -0.3 is 0 Å². The Morgan fingerprint density at radius 3 is 2.29 bits per heavy atom. The molecular formula is C23H28Si. The predicted molar refractivity (Wildman–Crippen MR) is 110 cm³/mol. The second-order valence-electron chi connectivity index (χ2n) is 8.56. The van der Waals surface area contributed by atoms with E-state index in [1.54, 1.807) is 0 Å². The molecule has 1 heteroatoms. The van der Waals surface area contributed by atoms with E-state index >= 15 is 0 Å². The smallest absolute Gasteiger partial charge is 0.0776 e. The second-order valence-corrected chi connectivity index (χ2v) is 13.7. The second kappa shape index (κ2) is 5.89. The fraction of sp³-hybridized carbons (Fsp3) is 0.304. The molecule has 3 rings (SSSR count). The Bertz CT molecular complexity index is 802. The van der Waals surface area contributed by atoms with Crippen molar-refractivity contribution < 1.29 is 0 Å². The first-order valence-corrected chi connectivity index (χ1v) is 12.3. The summed E-state index contributed by atoms with van der Waals surface area (Å²) in [6, 6.07) is 17.8. The van der Waals surface area contributed by atoms with Crippen LogP contribution in [0.15, 0.2) is 61.2 Å². The molecule has 0 bridgehead atoms. The van der Waals surface area contributed by atoms with E-state index < -0.39 is 8.07 Å². The highest BCUT2D eigenvalue weighted by atomic mass is 28.3. The number of fused-ring (bicyclic) bond motifs is 1. The summed E-state index contributed by atoms with van der Waals surface area (Å²) in [5.41, 5.74) is 7.02. The molecule has 0 aliphatic heterocycles. The Labute approximate surface area is 147 Å². The van der Waals surface area contributed by atoms with Gasteiger partial charge in [0.25, 0.3) is 0 Å². The van der Waals surface area contributed by atoms with Crippen LogP contribution in [-0.2, 0) is 5.41 Å². The third-order valence-corrected chi connectivity index (χ3v) is 7.29. The molecular weight excluding hydrogens is 304 g/mol. The molecule has 2 aromatic carbocycles. The van der Waals surface area contributed by atoms with Gasteiger partial charge in [0.05, 0.1) is 8.07 Å². The molecule has 0 aromatic heterocycles. The van der Waals surface area contributed by atoms with Gasteiger partial charge in [0, 0.05) is 0 Å². The summed E-state index contributed by atoms with van der Waals surface area (Å²) in [4.78, 5) is 0. The molecule has 2 aromatic rings. The first kappa shape index (κ1) is 17.0. The standard InChI is InChI=1S/C23H28Si/c1-17(24(4,5)6)19-12-13-22-21(16-19)20(14-15-23(22,2)3)18-10-8-7-9-11-18/h7-14,16H,1,15H2,2-6H3. The van der Waals surface area contributed by atoms with Crippen molar-refractivity contribution >= 4 is 18.8 Å². The summed E-state index contributed by atoms with van der Waals surface area (Å²) < 4.78 is 0. The molecule has 24 heavy (non-hydrogen) atoms. The van der Waals surface area contributed by atoms with Crippen LogP contribution >= 0.6 is 0 Å². The summed E-state index contributed by atoms with van der Waals surface area (Å²) in [5, 5.41) is 1.33. The van der Waals surface area contributed by atoms with Gasteiger partial charge in [0.1, 0.15) is 0 Å². The average molecular weight is 333 g/mol. The van der Waals surface area contributed by atoms with Crippen LogP contribution in [0.3, 0.4) is 0 Å². The predicted octanol–water partition coefficient (Wildman–Crippen LogP) is 6.69. The van der Waals surface area contributed by atoms with E-state index in [4.69, 9.17) is 0 Å². The normalized spacial score (nSPS) is 16.3. The Kier molecular flexibility index (Phi) is 4.17. The third-order valence-electron chi connectivity index (χ3n) is 5.19. The Hall–Kier alpha value is -1.86. The molecule has 0 heterocycles. The SMILES string of the molecule is C=C(c1ccc2c(c1)C(c1ccccc1)=CCC2(C)C)[Si](C)(C)C. The zero-order chi connectivity index (χ0) is 17.5.